The number of sulfonamides is 1. The molecule has 1 N–H and O–H groups in total. The molecule has 0 amide bonds. The third kappa shape index (κ3) is 6.90. The molecule has 0 rings (SSSR count). The molecule has 0 aliphatic rings. The first kappa shape index (κ1) is 17.3. The predicted molar refractivity (Wildman–Crippen MR) is 65.5 cm³/mol. The van der Waals surface area contributed by atoms with Crippen molar-refractivity contribution in [3.63, 3.8) is 0 Å². The Bertz CT molecular complexity index is 342. The van der Waals surface area contributed by atoms with Gasteiger partial charge in [0.25, 0.3) is 0 Å². The molecule has 1 unspecified atom stereocenters. The number of carbonyl (C=O) groups is 1. The number of ether oxygens (including phenoxy) is 2. The average molecular weight is 283 g/mol. The van der Waals surface area contributed by atoms with Gasteiger partial charge in [0.05, 0.1) is 31.5 Å². The van der Waals surface area contributed by atoms with Crippen LogP contribution in [0, 0.1) is 0 Å². The topological polar surface area (TPSA) is 93.1 Å². The average Bonchev–Trinajstić information content (AvgIpc) is 2.27. The monoisotopic (exact) mass is 283 g/mol. The Hall–Kier alpha value is -0.700. The van der Waals surface area contributed by atoms with Gasteiger partial charge < -0.3 is 14.6 Å². The summed E-state index contributed by atoms with van der Waals surface area (Å²) in [6.07, 6.45) is -1.08. The van der Waals surface area contributed by atoms with E-state index in [4.69, 9.17) is 4.74 Å². The van der Waals surface area contributed by atoms with Crippen LogP contribution in [0.1, 0.15) is 13.3 Å². The summed E-state index contributed by atoms with van der Waals surface area (Å²) in [5.41, 5.74) is 0. The zero-order chi connectivity index (χ0) is 14.2. The molecule has 8 heteroatoms. The smallest absolute Gasteiger partial charge is 0.306 e. The molecular weight excluding hydrogens is 262 g/mol. The van der Waals surface area contributed by atoms with Crippen LogP contribution in [0.5, 0.6) is 0 Å². The van der Waals surface area contributed by atoms with Crippen molar-refractivity contribution in [3.8, 4) is 0 Å². The van der Waals surface area contributed by atoms with Crippen molar-refractivity contribution >= 4 is 16.0 Å². The van der Waals surface area contributed by atoms with Crippen LogP contribution in [0.2, 0.25) is 0 Å². The molecule has 0 aromatic carbocycles. The zero-order valence-corrected chi connectivity index (χ0v) is 11.8. The van der Waals surface area contributed by atoms with Crippen molar-refractivity contribution in [2.24, 2.45) is 0 Å². The first-order chi connectivity index (χ1) is 8.33. The molecule has 0 aromatic rings. The van der Waals surface area contributed by atoms with Gasteiger partial charge in [-0.2, -0.15) is 0 Å². The minimum atomic E-state index is -3.57. The van der Waals surface area contributed by atoms with Gasteiger partial charge in [-0.1, -0.05) is 0 Å². The van der Waals surface area contributed by atoms with Crippen LogP contribution in [0.15, 0.2) is 0 Å². The summed E-state index contributed by atoms with van der Waals surface area (Å²) in [6, 6.07) is 0. The fourth-order valence-electron chi connectivity index (χ4n) is 1.26. The highest BCUT2D eigenvalue weighted by atomic mass is 32.2. The van der Waals surface area contributed by atoms with Crippen LogP contribution >= 0.6 is 0 Å². The third-order valence-corrected chi connectivity index (χ3v) is 3.99. The molecule has 0 aliphatic heterocycles. The van der Waals surface area contributed by atoms with Crippen LogP contribution in [-0.2, 0) is 24.3 Å². The van der Waals surface area contributed by atoms with E-state index in [1.54, 1.807) is 6.92 Å². The van der Waals surface area contributed by atoms with Crippen LogP contribution in [0.25, 0.3) is 0 Å². The van der Waals surface area contributed by atoms with E-state index in [9.17, 15) is 18.3 Å². The number of hydrogen-bond acceptors (Lipinski definition) is 6. The van der Waals surface area contributed by atoms with Crippen molar-refractivity contribution in [1.82, 2.24) is 4.31 Å². The number of hydrogen-bond donors (Lipinski definition) is 1. The number of likely N-dealkylation sites (N-methyl/N-ethyl adjacent to an activating group) is 1. The van der Waals surface area contributed by atoms with Crippen molar-refractivity contribution in [2.75, 3.05) is 39.7 Å². The summed E-state index contributed by atoms with van der Waals surface area (Å²) in [4.78, 5) is 11.1. The molecule has 7 nitrogen and oxygen atoms in total. The van der Waals surface area contributed by atoms with E-state index in [1.807, 2.05) is 0 Å². The summed E-state index contributed by atoms with van der Waals surface area (Å²) >= 11 is 0. The van der Waals surface area contributed by atoms with Crippen molar-refractivity contribution in [2.45, 2.75) is 19.4 Å². The lowest BCUT2D eigenvalue weighted by Crippen LogP contribution is -2.37. The number of nitrogens with zero attached hydrogens (tertiary/aromatic N) is 1. The second-order valence-electron chi connectivity index (χ2n) is 3.76. The zero-order valence-electron chi connectivity index (χ0n) is 11.0. The summed E-state index contributed by atoms with van der Waals surface area (Å²) < 4.78 is 33.8. The van der Waals surface area contributed by atoms with E-state index in [1.165, 1.54) is 14.2 Å². The van der Waals surface area contributed by atoms with Gasteiger partial charge >= 0.3 is 5.97 Å². The molecule has 0 saturated carbocycles. The SMILES string of the molecule is CCOC(=O)CCS(=O)(=O)N(C)CC(O)COC. The lowest BCUT2D eigenvalue weighted by Gasteiger charge is -2.19. The van der Waals surface area contributed by atoms with E-state index < -0.39 is 22.1 Å². The Kier molecular flexibility index (Phi) is 8.08. The van der Waals surface area contributed by atoms with Gasteiger partial charge in [-0.15, -0.1) is 0 Å². The normalized spacial score (nSPS) is 13.6. The second kappa shape index (κ2) is 8.41. The molecule has 18 heavy (non-hydrogen) atoms. The maximum atomic E-state index is 11.7. The highest BCUT2D eigenvalue weighted by Crippen LogP contribution is 2.03. The second-order valence-corrected chi connectivity index (χ2v) is 5.96. The first-order valence-corrected chi connectivity index (χ1v) is 7.21. The summed E-state index contributed by atoms with van der Waals surface area (Å²) in [5, 5.41) is 9.42. The van der Waals surface area contributed by atoms with Gasteiger partial charge in [-0.25, -0.2) is 12.7 Å². The Labute approximate surface area is 108 Å². The quantitative estimate of drug-likeness (QED) is 0.557. The van der Waals surface area contributed by atoms with Crippen LogP contribution in [-0.4, -0.2) is 69.6 Å². The van der Waals surface area contributed by atoms with E-state index in [0.717, 1.165) is 4.31 Å². The summed E-state index contributed by atoms with van der Waals surface area (Å²) in [6.45, 7) is 1.86. The molecule has 0 spiro atoms. The number of methoxy groups -OCH3 is 1. The lowest BCUT2D eigenvalue weighted by molar-refractivity contribution is -0.142. The Morgan fingerprint density at radius 2 is 2.06 bits per heavy atom. The van der Waals surface area contributed by atoms with Gasteiger partial charge in [-0.3, -0.25) is 4.79 Å². The Balaban J connectivity index is 4.23. The third-order valence-electron chi connectivity index (χ3n) is 2.17. The molecule has 0 radical (unpaired) electrons. The number of carbonyl (C=O) groups excluding carboxylic acids is 1. The predicted octanol–water partition coefficient (Wildman–Crippen LogP) is -0.791. The fourth-order valence-corrected chi connectivity index (χ4v) is 2.39. The van der Waals surface area contributed by atoms with Crippen LogP contribution in [0.3, 0.4) is 0 Å². The molecular formula is C10H21NO6S. The van der Waals surface area contributed by atoms with Gasteiger partial charge in [0.2, 0.25) is 10.0 Å². The van der Waals surface area contributed by atoms with Gasteiger partial charge in [0.1, 0.15) is 0 Å². The van der Waals surface area contributed by atoms with Gasteiger partial charge in [-0.05, 0) is 6.92 Å². The highest BCUT2D eigenvalue weighted by Gasteiger charge is 2.22. The molecule has 0 saturated heterocycles. The van der Waals surface area contributed by atoms with Crippen LogP contribution in [0.4, 0.5) is 0 Å². The molecule has 108 valence electrons. The van der Waals surface area contributed by atoms with Crippen molar-refractivity contribution in [3.05, 3.63) is 0 Å². The number of aliphatic hydroxyl groups excluding tert-OH is 1. The van der Waals surface area contributed by atoms with E-state index >= 15 is 0 Å². The lowest BCUT2D eigenvalue weighted by atomic mass is 10.4. The van der Waals surface area contributed by atoms with E-state index in [-0.39, 0.29) is 31.9 Å². The summed E-state index contributed by atoms with van der Waals surface area (Å²) in [5.74, 6) is -0.880. The van der Waals surface area contributed by atoms with Gasteiger partial charge in [0.15, 0.2) is 0 Å². The molecule has 0 aromatic heterocycles. The molecule has 1 atom stereocenters. The summed E-state index contributed by atoms with van der Waals surface area (Å²) in [7, 11) is -0.808. The fraction of sp³-hybridized carbons (Fsp3) is 0.900. The Morgan fingerprint density at radius 3 is 2.56 bits per heavy atom. The van der Waals surface area contributed by atoms with Crippen molar-refractivity contribution in [1.29, 1.82) is 0 Å². The number of aliphatic hydroxyl groups is 1. The number of rotatable bonds is 9. The maximum Gasteiger partial charge on any atom is 0.306 e. The largest absolute Gasteiger partial charge is 0.466 e. The minimum absolute atomic E-state index is 0.0533. The molecule has 0 bridgehead atoms. The number of esters is 1. The Morgan fingerprint density at radius 1 is 1.44 bits per heavy atom. The minimum Gasteiger partial charge on any atom is -0.466 e. The maximum absolute atomic E-state index is 11.7. The molecule has 0 heterocycles. The molecule has 0 fully saturated rings. The van der Waals surface area contributed by atoms with Crippen molar-refractivity contribution < 1.29 is 27.8 Å². The van der Waals surface area contributed by atoms with Gasteiger partial charge in [0, 0.05) is 20.7 Å². The highest BCUT2D eigenvalue weighted by molar-refractivity contribution is 7.89. The standard InChI is InChI=1S/C10H21NO6S/c1-4-17-10(13)5-6-18(14,15)11(2)7-9(12)8-16-3/h9,12H,4-8H2,1-3H3. The van der Waals surface area contributed by atoms with E-state index in [2.05, 4.69) is 4.74 Å². The first-order valence-electron chi connectivity index (χ1n) is 5.60. The molecule has 0 aliphatic carbocycles. The van der Waals surface area contributed by atoms with E-state index in [0.29, 0.717) is 0 Å². The van der Waals surface area contributed by atoms with Crippen LogP contribution < -0.4 is 0 Å².